The quantitative estimate of drug-likeness (QED) is 0.902. The van der Waals surface area contributed by atoms with Crippen molar-refractivity contribution in [3.05, 3.63) is 16.1 Å². The summed E-state index contributed by atoms with van der Waals surface area (Å²) < 4.78 is 0. The van der Waals surface area contributed by atoms with E-state index < -0.39 is 5.97 Å². The van der Waals surface area contributed by atoms with Crippen molar-refractivity contribution in [2.24, 2.45) is 5.92 Å². The molecule has 1 aliphatic rings. The molecule has 0 aromatic carbocycles. The van der Waals surface area contributed by atoms with Crippen LogP contribution in [0.25, 0.3) is 0 Å². The molecule has 0 saturated carbocycles. The summed E-state index contributed by atoms with van der Waals surface area (Å²) in [6.07, 6.45) is 2.43. The zero-order valence-electron chi connectivity index (χ0n) is 11.6. The number of aromatic nitrogens is 1. The van der Waals surface area contributed by atoms with E-state index in [1.807, 2.05) is 0 Å². The maximum Gasteiger partial charge on any atom is 0.303 e. The second kappa shape index (κ2) is 6.48. The molecule has 19 heavy (non-hydrogen) atoms. The Labute approximate surface area is 118 Å². The Morgan fingerprint density at radius 3 is 3.05 bits per heavy atom. The SMILES string of the molecule is CC(C)c1nc(CN2CCCC(CC(=O)O)C2)cs1. The van der Waals surface area contributed by atoms with E-state index in [2.05, 4.69) is 29.1 Å². The number of thiazole rings is 1. The van der Waals surface area contributed by atoms with Crippen LogP contribution in [0, 0.1) is 5.92 Å². The average molecular weight is 282 g/mol. The molecule has 1 aromatic rings. The lowest BCUT2D eigenvalue weighted by Crippen LogP contribution is -2.35. The molecular weight excluding hydrogens is 260 g/mol. The molecular formula is C14H22N2O2S. The summed E-state index contributed by atoms with van der Waals surface area (Å²) in [5, 5.41) is 12.2. The number of piperidine rings is 1. The minimum absolute atomic E-state index is 0.296. The predicted octanol–water partition coefficient (Wildman–Crippen LogP) is 2.95. The third kappa shape index (κ3) is 4.28. The fourth-order valence-corrected chi connectivity index (χ4v) is 3.42. The largest absolute Gasteiger partial charge is 0.481 e. The van der Waals surface area contributed by atoms with Crippen molar-refractivity contribution in [3.8, 4) is 0 Å². The lowest BCUT2D eigenvalue weighted by atomic mass is 9.95. The van der Waals surface area contributed by atoms with Crippen LogP contribution in [-0.4, -0.2) is 34.0 Å². The highest BCUT2D eigenvalue weighted by Crippen LogP contribution is 2.23. The standard InChI is InChI=1S/C14H22N2O2S/c1-10(2)14-15-12(9-19-14)8-16-5-3-4-11(7-16)6-13(17)18/h9-11H,3-8H2,1-2H3,(H,17,18). The van der Waals surface area contributed by atoms with Crippen LogP contribution >= 0.6 is 11.3 Å². The minimum Gasteiger partial charge on any atom is -0.481 e. The van der Waals surface area contributed by atoms with E-state index >= 15 is 0 Å². The van der Waals surface area contributed by atoms with Gasteiger partial charge in [-0.2, -0.15) is 0 Å². The van der Waals surface area contributed by atoms with E-state index in [0.29, 0.717) is 18.3 Å². The van der Waals surface area contributed by atoms with Crippen LogP contribution < -0.4 is 0 Å². The first kappa shape index (κ1) is 14.5. The number of hydrogen-bond donors (Lipinski definition) is 1. The molecule has 2 rings (SSSR count). The number of carbonyl (C=O) groups is 1. The van der Waals surface area contributed by atoms with Crippen LogP contribution in [0.4, 0.5) is 0 Å². The lowest BCUT2D eigenvalue weighted by molar-refractivity contribution is -0.138. The average Bonchev–Trinajstić information content (AvgIpc) is 2.77. The monoisotopic (exact) mass is 282 g/mol. The summed E-state index contributed by atoms with van der Waals surface area (Å²) in [6.45, 7) is 7.13. The van der Waals surface area contributed by atoms with Crippen molar-refractivity contribution in [2.75, 3.05) is 13.1 Å². The van der Waals surface area contributed by atoms with Gasteiger partial charge < -0.3 is 5.11 Å². The second-order valence-corrected chi connectivity index (χ2v) is 6.56. The normalized spacial score (nSPS) is 20.9. The molecule has 4 nitrogen and oxygen atoms in total. The molecule has 1 aromatic heterocycles. The Morgan fingerprint density at radius 1 is 1.63 bits per heavy atom. The smallest absolute Gasteiger partial charge is 0.303 e. The van der Waals surface area contributed by atoms with Gasteiger partial charge in [0.25, 0.3) is 0 Å². The molecule has 1 aliphatic heterocycles. The van der Waals surface area contributed by atoms with Crippen LogP contribution in [-0.2, 0) is 11.3 Å². The number of rotatable bonds is 5. The summed E-state index contributed by atoms with van der Waals surface area (Å²) >= 11 is 1.73. The Kier molecular flexibility index (Phi) is 4.93. The van der Waals surface area contributed by atoms with Crippen molar-refractivity contribution >= 4 is 17.3 Å². The van der Waals surface area contributed by atoms with Crippen molar-refractivity contribution < 1.29 is 9.90 Å². The maximum atomic E-state index is 10.8. The Bertz CT molecular complexity index is 431. The number of hydrogen-bond acceptors (Lipinski definition) is 4. The first-order valence-electron chi connectivity index (χ1n) is 6.93. The van der Waals surface area contributed by atoms with E-state index in [4.69, 9.17) is 5.11 Å². The summed E-state index contributed by atoms with van der Waals surface area (Å²) in [4.78, 5) is 17.8. The van der Waals surface area contributed by atoms with Crippen LogP contribution in [0.1, 0.15) is 49.7 Å². The van der Waals surface area contributed by atoms with Gasteiger partial charge in [0.2, 0.25) is 0 Å². The molecule has 0 bridgehead atoms. The molecule has 1 atom stereocenters. The van der Waals surface area contributed by atoms with E-state index in [0.717, 1.165) is 38.2 Å². The number of likely N-dealkylation sites (tertiary alicyclic amines) is 1. The number of nitrogens with zero attached hydrogens (tertiary/aromatic N) is 2. The van der Waals surface area contributed by atoms with Gasteiger partial charge in [-0.05, 0) is 25.3 Å². The van der Waals surface area contributed by atoms with E-state index in [1.165, 1.54) is 5.01 Å². The maximum absolute atomic E-state index is 10.8. The van der Waals surface area contributed by atoms with Crippen molar-refractivity contribution in [2.45, 2.75) is 45.6 Å². The highest BCUT2D eigenvalue weighted by molar-refractivity contribution is 7.09. The fraction of sp³-hybridized carbons (Fsp3) is 0.714. The third-order valence-corrected chi connectivity index (χ3v) is 4.71. The topological polar surface area (TPSA) is 53.4 Å². The molecule has 106 valence electrons. The van der Waals surface area contributed by atoms with Gasteiger partial charge in [0.15, 0.2) is 0 Å². The second-order valence-electron chi connectivity index (χ2n) is 5.67. The Hall–Kier alpha value is -0.940. The summed E-state index contributed by atoms with van der Waals surface area (Å²) in [5.41, 5.74) is 1.13. The van der Waals surface area contributed by atoms with Gasteiger partial charge in [0.1, 0.15) is 0 Å². The van der Waals surface area contributed by atoms with E-state index in [-0.39, 0.29) is 0 Å². The summed E-state index contributed by atoms with van der Waals surface area (Å²) in [7, 11) is 0. The van der Waals surface area contributed by atoms with Crippen LogP contribution in [0.3, 0.4) is 0 Å². The van der Waals surface area contributed by atoms with Crippen LogP contribution in [0.2, 0.25) is 0 Å². The summed E-state index contributed by atoms with van der Waals surface area (Å²) in [6, 6.07) is 0. The highest BCUT2D eigenvalue weighted by Gasteiger charge is 2.22. The number of carboxylic acid groups (broad SMARTS) is 1. The summed E-state index contributed by atoms with van der Waals surface area (Å²) in [5.74, 6) is 0.108. The van der Waals surface area contributed by atoms with Crippen molar-refractivity contribution in [1.29, 1.82) is 0 Å². The van der Waals surface area contributed by atoms with Gasteiger partial charge in [-0.1, -0.05) is 13.8 Å². The highest BCUT2D eigenvalue weighted by atomic mass is 32.1. The molecule has 1 saturated heterocycles. The van der Waals surface area contributed by atoms with E-state index in [1.54, 1.807) is 11.3 Å². The minimum atomic E-state index is -0.678. The van der Waals surface area contributed by atoms with Crippen LogP contribution in [0.5, 0.6) is 0 Å². The predicted molar refractivity (Wildman–Crippen MR) is 76.5 cm³/mol. The van der Waals surface area contributed by atoms with E-state index in [9.17, 15) is 4.79 Å². The van der Waals surface area contributed by atoms with Gasteiger partial charge in [-0.25, -0.2) is 4.98 Å². The van der Waals surface area contributed by atoms with Gasteiger partial charge in [0.05, 0.1) is 10.7 Å². The van der Waals surface area contributed by atoms with Crippen molar-refractivity contribution in [3.63, 3.8) is 0 Å². The molecule has 1 N–H and O–H groups in total. The van der Waals surface area contributed by atoms with Crippen LogP contribution in [0.15, 0.2) is 5.38 Å². The molecule has 0 spiro atoms. The Balaban J connectivity index is 1.89. The first-order chi connectivity index (χ1) is 9.04. The molecule has 2 heterocycles. The number of carboxylic acids is 1. The zero-order valence-corrected chi connectivity index (χ0v) is 12.4. The molecule has 0 radical (unpaired) electrons. The van der Waals surface area contributed by atoms with Gasteiger partial charge in [0, 0.05) is 30.8 Å². The molecule has 0 amide bonds. The van der Waals surface area contributed by atoms with Gasteiger partial charge >= 0.3 is 5.97 Å². The Morgan fingerprint density at radius 2 is 2.42 bits per heavy atom. The first-order valence-corrected chi connectivity index (χ1v) is 7.81. The third-order valence-electron chi connectivity index (χ3n) is 3.52. The van der Waals surface area contributed by atoms with Gasteiger partial charge in [-0.3, -0.25) is 9.69 Å². The van der Waals surface area contributed by atoms with Crippen molar-refractivity contribution in [1.82, 2.24) is 9.88 Å². The molecule has 0 aliphatic carbocycles. The molecule has 1 unspecified atom stereocenters. The zero-order chi connectivity index (χ0) is 13.8. The fourth-order valence-electron chi connectivity index (χ4n) is 2.60. The van der Waals surface area contributed by atoms with Gasteiger partial charge in [-0.15, -0.1) is 11.3 Å². The lowest BCUT2D eigenvalue weighted by Gasteiger charge is -2.31. The molecule has 5 heteroatoms. The molecule has 1 fully saturated rings. The number of aliphatic carboxylic acids is 1.